The van der Waals surface area contributed by atoms with Crippen molar-refractivity contribution in [3.8, 4) is 0 Å². The molecule has 0 spiro atoms. The average molecular weight is 359 g/mol. The normalized spacial score (nSPS) is 12.5. The second-order valence-electron chi connectivity index (χ2n) is 4.10. The van der Waals surface area contributed by atoms with E-state index in [1.807, 2.05) is 0 Å². The second kappa shape index (κ2) is 7.50. The van der Waals surface area contributed by atoms with Crippen molar-refractivity contribution in [2.24, 2.45) is 0 Å². The van der Waals surface area contributed by atoms with E-state index in [2.05, 4.69) is 9.44 Å². The number of sulfonamides is 2. The molecule has 0 unspecified atom stereocenters. The van der Waals surface area contributed by atoms with Crippen LogP contribution in [0.15, 0.2) is 23.1 Å². The van der Waals surface area contributed by atoms with E-state index in [-0.39, 0.29) is 30.3 Å². The fraction of sp³-hybridized carbons (Fsp3) is 0.455. The molecule has 2 N–H and O–H groups in total. The molecule has 0 radical (unpaired) electrons. The van der Waals surface area contributed by atoms with Crippen molar-refractivity contribution in [2.45, 2.75) is 18.2 Å². The van der Waals surface area contributed by atoms with E-state index in [0.717, 1.165) is 6.07 Å². The van der Waals surface area contributed by atoms with Crippen molar-refractivity contribution in [1.29, 1.82) is 0 Å². The van der Waals surface area contributed by atoms with Crippen molar-refractivity contribution in [1.82, 2.24) is 9.44 Å². The molecule has 0 aliphatic heterocycles. The van der Waals surface area contributed by atoms with Gasteiger partial charge in [0.1, 0.15) is 4.90 Å². The molecule has 0 aliphatic rings. The van der Waals surface area contributed by atoms with Crippen LogP contribution >= 0.6 is 11.6 Å². The van der Waals surface area contributed by atoms with Gasteiger partial charge in [-0.1, -0.05) is 17.7 Å². The molecule has 6 nitrogen and oxygen atoms in total. The van der Waals surface area contributed by atoms with Crippen LogP contribution in [0.1, 0.15) is 13.3 Å². The van der Waals surface area contributed by atoms with Gasteiger partial charge in [0.2, 0.25) is 20.0 Å². The Kier molecular flexibility index (Phi) is 6.54. The van der Waals surface area contributed by atoms with Gasteiger partial charge in [-0.05, 0) is 25.5 Å². The Labute approximate surface area is 128 Å². The zero-order valence-corrected chi connectivity index (χ0v) is 13.7. The van der Waals surface area contributed by atoms with E-state index >= 15 is 0 Å². The first-order valence-corrected chi connectivity index (χ1v) is 9.62. The summed E-state index contributed by atoms with van der Waals surface area (Å²) in [5.74, 6) is -1.06. The number of benzene rings is 1. The number of rotatable bonds is 8. The Morgan fingerprint density at radius 1 is 1.14 bits per heavy atom. The lowest BCUT2D eigenvalue weighted by molar-refractivity contribution is 0.555. The number of nitrogens with one attached hydrogen (secondary N) is 2. The molecule has 0 atom stereocenters. The Bertz CT molecular complexity index is 692. The SMILES string of the molecule is CCS(=O)(=O)NCCCNS(=O)(=O)c1cccc(Cl)c1F. The topological polar surface area (TPSA) is 92.3 Å². The molecule has 1 rings (SSSR count). The third kappa shape index (κ3) is 5.51. The Hall–Kier alpha value is -0.740. The van der Waals surface area contributed by atoms with E-state index in [0.29, 0.717) is 0 Å². The first-order chi connectivity index (χ1) is 9.69. The molecule has 1 aromatic carbocycles. The van der Waals surface area contributed by atoms with Crippen LogP contribution < -0.4 is 9.44 Å². The maximum atomic E-state index is 13.6. The molecule has 21 heavy (non-hydrogen) atoms. The van der Waals surface area contributed by atoms with E-state index in [4.69, 9.17) is 11.6 Å². The third-order valence-corrected chi connectivity index (χ3v) is 5.73. The monoisotopic (exact) mass is 358 g/mol. The van der Waals surface area contributed by atoms with Crippen molar-refractivity contribution in [2.75, 3.05) is 18.8 Å². The third-order valence-electron chi connectivity index (χ3n) is 2.55. The molecule has 0 saturated heterocycles. The minimum atomic E-state index is -4.02. The van der Waals surface area contributed by atoms with Crippen molar-refractivity contribution in [3.63, 3.8) is 0 Å². The van der Waals surface area contributed by atoms with Crippen molar-refractivity contribution in [3.05, 3.63) is 29.0 Å². The van der Waals surface area contributed by atoms with Gasteiger partial charge in [0.25, 0.3) is 0 Å². The Balaban J connectivity index is 2.57. The predicted molar refractivity (Wildman–Crippen MR) is 78.7 cm³/mol. The highest BCUT2D eigenvalue weighted by Gasteiger charge is 2.20. The summed E-state index contributed by atoms with van der Waals surface area (Å²) in [5, 5.41) is -0.284. The molecular weight excluding hydrogens is 343 g/mol. The summed E-state index contributed by atoms with van der Waals surface area (Å²) in [6.45, 7) is 1.56. The Morgan fingerprint density at radius 2 is 1.76 bits per heavy atom. The van der Waals surface area contributed by atoms with E-state index in [1.165, 1.54) is 19.1 Å². The van der Waals surface area contributed by atoms with Crippen LogP contribution in [0.3, 0.4) is 0 Å². The van der Waals surface area contributed by atoms with E-state index in [1.54, 1.807) is 0 Å². The smallest absolute Gasteiger partial charge is 0.215 e. The number of hydrogen-bond donors (Lipinski definition) is 2. The maximum Gasteiger partial charge on any atom is 0.243 e. The zero-order chi connectivity index (χ0) is 16.1. The van der Waals surface area contributed by atoms with Gasteiger partial charge < -0.3 is 0 Å². The van der Waals surface area contributed by atoms with Gasteiger partial charge in [-0.3, -0.25) is 0 Å². The minimum Gasteiger partial charge on any atom is -0.215 e. The molecule has 10 heteroatoms. The molecule has 0 aliphatic carbocycles. The highest BCUT2D eigenvalue weighted by atomic mass is 35.5. The summed E-state index contributed by atoms with van der Waals surface area (Å²) < 4.78 is 64.2. The average Bonchev–Trinajstić information content (AvgIpc) is 2.41. The summed E-state index contributed by atoms with van der Waals surface area (Å²) in [7, 11) is -7.33. The van der Waals surface area contributed by atoms with Crippen LogP contribution in [0.2, 0.25) is 5.02 Å². The van der Waals surface area contributed by atoms with Crippen LogP contribution in [0, 0.1) is 5.82 Å². The fourth-order valence-electron chi connectivity index (χ4n) is 1.39. The molecule has 0 amide bonds. The molecule has 0 heterocycles. The van der Waals surface area contributed by atoms with Crippen LogP contribution in [0.4, 0.5) is 4.39 Å². The Morgan fingerprint density at radius 3 is 2.38 bits per heavy atom. The predicted octanol–water partition coefficient (Wildman–Crippen LogP) is 1.09. The standard InChI is InChI=1S/C11H16ClFN2O4S2/c1-2-20(16,17)14-7-4-8-15-21(18,19)10-6-3-5-9(12)11(10)13/h3,5-6,14-15H,2,4,7-8H2,1H3. The molecule has 0 bridgehead atoms. The van der Waals surface area contributed by atoms with Crippen LogP contribution in [-0.2, 0) is 20.0 Å². The second-order valence-corrected chi connectivity index (χ2v) is 8.34. The molecule has 0 saturated carbocycles. The van der Waals surface area contributed by atoms with Gasteiger partial charge in [0.15, 0.2) is 5.82 Å². The molecule has 0 fully saturated rings. The number of hydrogen-bond acceptors (Lipinski definition) is 4. The van der Waals surface area contributed by atoms with Crippen molar-refractivity contribution >= 4 is 31.6 Å². The van der Waals surface area contributed by atoms with Crippen molar-refractivity contribution < 1.29 is 21.2 Å². The van der Waals surface area contributed by atoms with Crippen LogP contribution in [0.5, 0.6) is 0 Å². The summed E-state index contributed by atoms with van der Waals surface area (Å²) in [6, 6.07) is 3.67. The van der Waals surface area contributed by atoms with Crippen LogP contribution in [0.25, 0.3) is 0 Å². The van der Waals surface area contributed by atoms with Gasteiger partial charge in [-0.15, -0.1) is 0 Å². The summed E-state index contributed by atoms with van der Waals surface area (Å²) >= 11 is 5.53. The van der Waals surface area contributed by atoms with Gasteiger partial charge in [0.05, 0.1) is 10.8 Å². The lowest BCUT2D eigenvalue weighted by Gasteiger charge is -2.08. The lowest BCUT2D eigenvalue weighted by Crippen LogP contribution is -2.31. The van der Waals surface area contributed by atoms with E-state index in [9.17, 15) is 21.2 Å². The molecule has 1 aromatic rings. The largest absolute Gasteiger partial charge is 0.243 e. The summed E-state index contributed by atoms with van der Waals surface area (Å²) in [4.78, 5) is -0.538. The summed E-state index contributed by atoms with van der Waals surface area (Å²) in [5.41, 5.74) is 0. The fourth-order valence-corrected chi connectivity index (χ4v) is 3.46. The highest BCUT2D eigenvalue weighted by Crippen LogP contribution is 2.21. The molecule has 0 aromatic heterocycles. The summed E-state index contributed by atoms with van der Waals surface area (Å²) in [6.07, 6.45) is 0.237. The van der Waals surface area contributed by atoms with Gasteiger partial charge in [-0.2, -0.15) is 0 Å². The van der Waals surface area contributed by atoms with Crippen LogP contribution in [-0.4, -0.2) is 35.7 Å². The number of halogens is 2. The van der Waals surface area contributed by atoms with E-state index < -0.39 is 30.8 Å². The van der Waals surface area contributed by atoms with Gasteiger partial charge in [0, 0.05) is 13.1 Å². The molecular formula is C11H16ClFN2O4S2. The first kappa shape index (κ1) is 18.3. The van der Waals surface area contributed by atoms with Gasteiger partial charge >= 0.3 is 0 Å². The lowest BCUT2D eigenvalue weighted by atomic mass is 10.3. The maximum absolute atomic E-state index is 13.6. The zero-order valence-electron chi connectivity index (χ0n) is 11.3. The molecule has 120 valence electrons. The minimum absolute atomic E-state index is 0.0273. The quantitative estimate of drug-likeness (QED) is 0.680. The first-order valence-electron chi connectivity index (χ1n) is 6.10. The highest BCUT2D eigenvalue weighted by molar-refractivity contribution is 7.89. The van der Waals surface area contributed by atoms with Gasteiger partial charge in [-0.25, -0.2) is 30.7 Å².